The number of imidazole rings is 1. The zero-order chi connectivity index (χ0) is 14.1. The molecule has 0 spiro atoms. The third-order valence-electron chi connectivity index (χ3n) is 3.12. The molecule has 0 saturated heterocycles. The number of hydrogen-bond acceptors (Lipinski definition) is 4. The Labute approximate surface area is 125 Å². The summed E-state index contributed by atoms with van der Waals surface area (Å²) in [5, 5.41) is 4.56. The summed E-state index contributed by atoms with van der Waals surface area (Å²) >= 11 is 3.55. The molecule has 0 aliphatic rings. The van der Waals surface area contributed by atoms with Crippen molar-refractivity contribution in [3.63, 3.8) is 0 Å². The Morgan fingerprint density at radius 1 is 1.25 bits per heavy atom. The van der Waals surface area contributed by atoms with Gasteiger partial charge in [0.25, 0.3) is 0 Å². The predicted molar refractivity (Wildman–Crippen MR) is 83.1 cm³/mol. The molecule has 0 fully saturated rings. The van der Waals surface area contributed by atoms with E-state index in [2.05, 4.69) is 26.0 Å². The van der Waals surface area contributed by atoms with Crippen LogP contribution >= 0.6 is 15.9 Å². The Hall–Kier alpha value is -1.92. The Kier molecular flexibility index (Phi) is 3.42. The molecule has 3 rings (SSSR count). The topological polar surface area (TPSA) is 59.5 Å². The fourth-order valence-corrected chi connectivity index (χ4v) is 2.60. The maximum Gasteiger partial charge on any atom is 0.153 e. The Morgan fingerprint density at radius 2 is 2.05 bits per heavy atom. The van der Waals surface area contributed by atoms with E-state index in [1.54, 1.807) is 4.52 Å². The van der Waals surface area contributed by atoms with Crippen molar-refractivity contribution in [3.05, 3.63) is 52.8 Å². The summed E-state index contributed by atoms with van der Waals surface area (Å²) in [4.78, 5) is 6.39. The van der Waals surface area contributed by atoms with Gasteiger partial charge in [-0.05, 0) is 40.2 Å². The summed E-state index contributed by atoms with van der Waals surface area (Å²) in [6, 6.07) is 11.9. The molecule has 3 aromatic rings. The molecule has 0 amide bonds. The first kappa shape index (κ1) is 13.1. The quantitative estimate of drug-likeness (QED) is 0.801. The molecular weight excluding hydrogens is 318 g/mol. The highest BCUT2D eigenvalue weighted by atomic mass is 79.9. The third-order valence-corrected chi connectivity index (χ3v) is 3.79. The monoisotopic (exact) mass is 331 g/mol. The molecule has 0 atom stereocenters. The maximum absolute atomic E-state index is 5.60. The molecule has 102 valence electrons. The number of anilines is 2. The first-order valence-corrected chi connectivity index (χ1v) is 7.02. The molecule has 0 aliphatic heterocycles. The molecule has 6 heteroatoms. The van der Waals surface area contributed by atoms with Gasteiger partial charge in [0.1, 0.15) is 0 Å². The van der Waals surface area contributed by atoms with Gasteiger partial charge >= 0.3 is 0 Å². The van der Waals surface area contributed by atoms with E-state index < -0.39 is 0 Å². The fraction of sp³-hybridized carbons (Fsp3) is 0.143. The Bertz CT molecular complexity index is 752. The van der Waals surface area contributed by atoms with Crippen LogP contribution < -0.4 is 10.6 Å². The van der Waals surface area contributed by atoms with Crippen molar-refractivity contribution in [3.8, 4) is 0 Å². The normalized spacial score (nSPS) is 10.9. The van der Waals surface area contributed by atoms with Crippen molar-refractivity contribution >= 4 is 33.1 Å². The van der Waals surface area contributed by atoms with Crippen LogP contribution in [-0.2, 0) is 6.54 Å². The minimum atomic E-state index is 0.415. The van der Waals surface area contributed by atoms with Gasteiger partial charge in [0, 0.05) is 18.1 Å². The second-order valence-electron chi connectivity index (χ2n) is 4.44. The molecule has 0 aliphatic carbocycles. The van der Waals surface area contributed by atoms with Gasteiger partial charge in [0.05, 0.1) is 17.6 Å². The van der Waals surface area contributed by atoms with Crippen LogP contribution in [0.3, 0.4) is 0 Å². The lowest BCUT2D eigenvalue weighted by Gasteiger charge is -2.19. The van der Waals surface area contributed by atoms with Crippen LogP contribution in [-0.4, -0.2) is 21.6 Å². The molecule has 2 aromatic heterocycles. The molecule has 1 aromatic carbocycles. The summed E-state index contributed by atoms with van der Waals surface area (Å²) in [6.45, 7) is 0.415. The van der Waals surface area contributed by atoms with E-state index in [4.69, 9.17) is 5.73 Å². The van der Waals surface area contributed by atoms with Crippen molar-refractivity contribution in [1.29, 1.82) is 0 Å². The van der Waals surface area contributed by atoms with Gasteiger partial charge in [-0.25, -0.2) is 9.50 Å². The molecule has 0 unspecified atom stereocenters. The Balaban J connectivity index is 2.03. The van der Waals surface area contributed by atoms with E-state index in [9.17, 15) is 0 Å². The molecule has 0 bridgehead atoms. The van der Waals surface area contributed by atoms with Gasteiger partial charge in [-0.3, -0.25) is 0 Å². The van der Waals surface area contributed by atoms with Crippen molar-refractivity contribution in [2.45, 2.75) is 6.54 Å². The summed E-state index contributed by atoms with van der Waals surface area (Å²) in [7, 11) is 1.98. The highest BCUT2D eigenvalue weighted by molar-refractivity contribution is 9.10. The van der Waals surface area contributed by atoms with Crippen LogP contribution in [0.1, 0.15) is 5.69 Å². The summed E-state index contributed by atoms with van der Waals surface area (Å²) in [5.41, 5.74) is 8.29. The zero-order valence-corrected chi connectivity index (χ0v) is 12.6. The average Bonchev–Trinajstić information content (AvgIpc) is 2.89. The first-order chi connectivity index (χ1) is 9.69. The number of para-hydroxylation sites is 1. The van der Waals surface area contributed by atoms with Gasteiger partial charge in [-0.15, -0.1) is 5.10 Å². The molecule has 0 radical (unpaired) electrons. The molecule has 2 heterocycles. The minimum Gasteiger partial charge on any atom is -0.327 e. The van der Waals surface area contributed by atoms with Crippen molar-refractivity contribution in [2.75, 3.05) is 11.9 Å². The number of nitrogens with zero attached hydrogens (tertiary/aromatic N) is 4. The highest BCUT2D eigenvalue weighted by Gasteiger charge is 2.10. The van der Waals surface area contributed by atoms with Crippen molar-refractivity contribution in [1.82, 2.24) is 14.6 Å². The van der Waals surface area contributed by atoms with Crippen LogP contribution in [0.5, 0.6) is 0 Å². The number of halogens is 1. The highest BCUT2D eigenvalue weighted by Crippen LogP contribution is 2.29. The van der Waals surface area contributed by atoms with Crippen LogP contribution in [0.4, 0.5) is 11.5 Å². The lowest BCUT2D eigenvalue weighted by Crippen LogP contribution is -2.13. The van der Waals surface area contributed by atoms with Crippen LogP contribution in [0.25, 0.3) is 5.65 Å². The molecule has 20 heavy (non-hydrogen) atoms. The van der Waals surface area contributed by atoms with Gasteiger partial charge in [-0.1, -0.05) is 12.1 Å². The maximum atomic E-state index is 5.60. The molecular formula is C14H14BrN5. The fourth-order valence-electron chi connectivity index (χ4n) is 2.05. The standard InChI is InChI=1S/C14H14BrN5/c1-19(12-5-3-2-4-11(12)15)14-7-6-13-17-10(8-16)9-20(13)18-14/h2-7,9H,8,16H2,1H3. The molecule has 2 N–H and O–H groups in total. The van der Waals surface area contributed by atoms with Crippen LogP contribution in [0.2, 0.25) is 0 Å². The molecule has 5 nitrogen and oxygen atoms in total. The van der Waals surface area contributed by atoms with Gasteiger partial charge < -0.3 is 10.6 Å². The van der Waals surface area contributed by atoms with E-state index in [-0.39, 0.29) is 0 Å². The smallest absolute Gasteiger partial charge is 0.153 e. The predicted octanol–water partition coefficient (Wildman–Crippen LogP) is 2.72. The van der Waals surface area contributed by atoms with Crippen LogP contribution in [0.15, 0.2) is 47.1 Å². The number of hydrogen-bond donors (Lipinski definition) is 1. The van der Waals surface area contributed by atoms with Crippen LogP contribution in [0, 0.1) is 0 Å². The van der Waals surface area contributed by atoms with E-state index in [0.717, 1.165) is 27.3 Å². The van der Waals surface area contributed by atoms with Gasteiger partial charge in [0.15, 0.2) is 11.5 Å². The number of aromatic nitrogens is 3. The van der Waals surface area contributed by atoms with E-state index in [0.29, 0.717) is 6.54 Å². The SMILES string of the molecule is CN(c1ccc2nc(CN)cn2n1)c1ccccc1Br. The van der Waals surface area contributed by atoms with Gasteiger partial charge in [-0.2, -0.15) is 0 Å². The number of nitrogens with two attached hydrogens (primary N) is 1. The first-order valence-electron chi connectivity index (χ1n) is 6.22. The number of rotatable bonds is 3. The lowest BCUT2D eigenvalue weighted by molar-refractivity contribution is 0.909. The number of fused-ring (bicyclic) bond motifs is 1. The van der Waals surface area contributed by atoms with Crippen molar-refractivity contribution in [2.24, 2.45) is 5.73 Å². The lowest BCUT2D eigenvalue weighted by atomic mass is 10.3. The van der Waals surface area contributed by atoms with E-state index in [1.807, 2.05) is 54.5 Å². The number of benzene rings is 1. The summed E-state index contributed by atoms with van der Waals surface area (Å²) in [5.74, 6) is 0.838. The largest absolute Gasteiger partial charge is 0.327 e. The van der Waals surface area contributed by atoms with E-state index in [1.165, 1.54) is 0 Å². The summed E-state index contributed by atoms with van der Waals surface area (Å²) < 4.78 is 2.78. The van der Waals surface area contributed by atoms with E-state index >= 15 is 0 Å². The second kappa shape index (κ2) is 5.22. The summed E-state index contributed by atoms with van der Waals surface area (Å²) in [6.07, 6.45) is 1.85. The second-order valence-corrected chi connectivity index (χ2v) is 5.30. The third kappa shape index (κ3) is 2.28. The Morgan fingerprint density at radius 3 is 2.80 bits per heavy atom. The van der Waals surface area contributed by atoms with Gasteiger partial charge in [0.2, 0.25) is 0 Å². The zero-order valence-electron chi connectivity index (χ0n) is 11.0. The average molecular weight is 332 g/mol. The van der Waals surface area contributed by atoms with Crippen molar-refractivity contribution < 1.29 is 0 Å². The minimum absolute atomic E-state index is 0.415. The molecule has 0 saturated carbocycles.